The van der Waals surface area contributed by atoms with Crippen molar-refractivity contribution in [3.63, 3.8) is 0 Å². The lowest BCUT2D eigenvalue weighted by atomic mass is 10.0. The number of aryl methyl sites for hydroxylation is 2. The zero-order valence-corrected chi connectivity index (χ0v) is 15.5. The van der Waals surface area contributed by atoms with E-state index in [1.54, 1.807) is 48.5 Å². The lowest BCUT2D eigenvalue weighted by Crippen LogP contribution is -2.37. The zero-order valence-electron chi connectivity index (χ0n) is 15.5. The highest BCUT2D eigenvalue weighted by Gasteiger charge is 2.31. The summed E-state index contributed by atoms with van der Waals surface area (Å²) in [6, 6.07) is 13.3. The summed E-state index contributed by atoms with van der Waals surface area (Å²) in [6.07, 6.45) is -3.18. The molecule has 2 atom stereocenters. The highest BCUT2D eigenvalue weighted by Crippen LogP contribution is 2.16. The van der Waals surface area contributed by atoms with Crippen LogP contribution in [0, 0.1) is 13.8 Å². The highest BCUT2D eigenvalue weighted by atomic mass is 16.7. The van der Waals surface area contributed by atoms with Crippen molar-refractivity contribution in [2.24, 2.45) is 0 Å². The quantitative estimate of drug-likeness (QED) is 0.269. The number of Topliss-reactive ketones (excluding diaryl/α,β-unsaturated/α-hetero) is 1. The van der Waals surface area contributed by atoms with Gasteiger partial charge in [-0.25, -0.2) is 4.79 Å². The number of ether oxygens (including phenoxy) is 3. The average molecular weight is 384 g/mol. The Morgan fingerprint density at radius 1 is 0.821 bits per heavy atom. The van der Waals surface area contributed by atoms with Crippen LogP contribution in [0.1, 0.15) is 38.3 Å². The van der Waals surface area contributed by atoms with E-state index in [0.29, 0.717) is 5.56 Å². The number of benzene rings is 2. The van der Waals surface area contributed by atoms with Crippen LogP contribution >= 0.6 is 0 Å². The molecule has 0 bridgehead atoms. The summed E-state index contributed by atoms with van der Waals surface area (Å²) in [5.74, 6) is -1.15. The van der Waals surface area contributed by atoms with Gasteiger partial charge < -0.3 is 14.2 Å². The minimum absolute atomic E-state index is 0.0601. The molecule has 0 aliphatic rings. The van der Waals surface area contributed by atoms with Crippen LogP contribution in [0.4, 0.5) is 0 Å². The molecule has 2 rings (SSSR count). The van der Waals surface area contributed by atoms with Gasteiger partial charge in [0, 0.05) is 5.56 Å². The van der Waals surface area contributed by atoms with Gasteiger partial charge in [-0.3, -0.25) is 14.4 Å². The molecule has 7 heteroatoms. The summed E-state index contributed by atoms with van der Waals surface area (Å²) in [7, 11) is 0. The highest BCUT2D eigenvalue weighted by molar-refractivity contribution is 5.96. The summed E-state index contributed by atoms with van der Waals surface area (Å²) >= 11 is 0. The lowest BCUT2D eigenvalue weighted by Gasteiger charge is -2.23. The molecule has 28 heavy (non-hydrogen) atoms. The summed E-state index contributed by atoms with van der Waals surface area (Å²) < 4.78 is 14.8. The van der Waals surface area contributed by atoms with E-state index in [2.05, 4.69) is 0 Å². The van der Waals surface area contributed by atoms with E-state index in [-0.39, 0.29) is 30.7 Å². The van der Waals surface area contributed by atoms with Gasteiger partial charge in [0.1, 0.15) is 0 Å². The maximum atomic E-state index is 12.5. The largest absolute Gasteiger partial charge is 0.456 e. The van der Waals surface area contributed by atoms with Crippen LogP contribution in [0.15, 0.2) is 48.5 Å². The van der Waals surface area contributed by atoms with E-state index in [4.69, 9.17) is 14.2 Å². The molecule has 0 heterocycles. The SMILES string of the molecule is Cc1ccc(C(=O)C[C@@H](OC=O)[C@H](OC=O)OC(=O)c2ccc(C)cc2)cc1. The standard InChI is InChI=1S/C21H20O7/c1-14-3-7-16(8-4-14)18(24)11-19(26-12-22)21(27-13-23)28-20(25)17-9-5-15(2)6-10-17/h3-10,12-13,19,21H,11H2,1-2H3/t19-,21-/m1/s1. The topological polar surface area (TPSA) is 96.0 Å². The fraction of sp³-hybridized carbons (Fsp3) is 0.238. The summed E-state index contributed by atoms with van der Waals surface area (Å²) in [4.78, 5) is 46.5. The molecule has 0 amide bonds. The van der Waals surface area contributed by atoms with Gasteiger partial charge in [0.2, 0.25) is 0 Å². The van der Waals surface area contributed by atoms with Crippen molar-refractivity contribution in [3.05, 3.63) is 70.8 Å². The number of carbonyl (C=O) groups excluding carboxylic acids is 4. The van der Waals surface area contributed by atoms with Crippen LogP contribution in [0.2, 0.25) is 0 Å². The second-order valence-corrected chi connectivity index (χ2v) is 6.14. The number of hydrogen-bond donors (Lipinski definition) is 0. The Hall–Kier alpha value is -3.48. The van der Waals surface area contributed by atoms with Crippen LogP contribution in [-0.4, -0.2) is 37.1 Å². The predicted octanol–water partition coefficient (Wildman–Crippen LogP) is 2.77. The van der Waals surface area contributed by atoms with Gasteiger partial charge in [0.15, 0.2) is 11.9 Å². The Morgan fingerprint density at radius 3 is 1.82 bits per heavy atom. The molecule has 0 saturated heterocycles. The van der Waals surface area contributed by atoms with E-state index in [0.717, 1.165) is 11.1 Å². The number of ketones is 1. The first-order chi connectivity index (χ1) is 13.4. The van der Waals surface area contributed by atoms with Crippen LogP contribution in [-0.2, 0) is 23.8 Å². The molecule has 0 radical (unpaired) electrons. The summed E-state index contributed by atoms with van der Waals surface area (Å²) in [5.41, 5.74) is 2.54. The first-order valence-electron chi connectivity index (χ1n) is 8.50. The lowest BCUT2D eigenvalue weighted by molar-refractivity contribution is -0.183. The third-order valence-electron chi connectivity index (χ3n) is 3.99. The Labute approximate surface area is 162 Å². The molecule has 0 fully saturated rings. The predicted molar refractivity (Wildman–Crippen MR) is 98.6 cm³/mol. The van der Waals surface area contributed by atoms with Gasteiger partial charge in [-0.2, -0.15) is 0 Å². The summed E-state index contributed by atoms with van der Waals surface area (Å²) in [5, 5.41) is 0. The van der Waals surface area contributed by atoms with Crippen molar-refractivity contribution in [1.29, 1.82) is 0 Å². The number of carbonyl (C=O) groups is 4. The van der Waals surface area contributed by atoms with Gasteiger partial charge in [0.25, 0.3) is 19.2 Å². The van der Waals surface area contributed by atoms with Crippen molar-refractivity contribution < 1.29 is 33.4 Å². The minimum Gasteiger partial charge on any atom is -0.456 e. The van der Waals surface area contributed by atoms with Gasteiger partial charge in [-0.1, -0.05) is 47.5 Å². The average Bonchev–Trinajstić information content (AvgIpc) is 2.68. The Bertz CT molecular complexity index is 753. The first kappa shape index (κ1) is 20.8. The number of hydrogen-bond acceptors (Lipinski definition) is 7. The van der Waals surface area contributed by atoms with Crippen LogP contribution in [0.5, 0.6) is 0 Å². The normalized spacial score (nSPS) is 12.4. The van der Waals surface area contributed by atoms with E-state index in [1.165, 1.54) is 0 Å². The molecular formula is C21H20O7. The van der Waals surface area contributed by atoms with Gasteiger partial charge in [0.05, 0.1) is 12.0 Å². The van der Waals surface area contributed by atoms with Gasteiger partial charge in [-0.15, -0.1) is 0 Å². The van der Waals surface area contributed by atoms with E-state index >= 15 is 0 Å². The molecule has 0 N–H and O–H groups in total. The van der Waals surface area contributed by atoms with E-state index in [1.807, 2.05) is 13.8 Å². The molecule has 0 aliphatic carbocycles. The van der Waals surface area contributed by atoms with Crippen molar-refractivity contribution in [3.8, 4) is 0 Å². The number of esters is 1. The Kier molecular flexibility index (Phi) is 7.45. The van der Waals surface area contributed by atoms with Crippen molar-refractivity contribution in [2.75, 3.05) is 0 Å². The molecule has 2 aromatic carbocycles. The van der Waals surface area contributed by atoms with Crippen LogP contribution in [0.25, 0.3) is 0 Å². The molecule has 7 nitrogen and oxygen atoms in total. The Morgan fingerprint density at radius 2 is 1.32 bits per heavy atom. The summed E-state index contributed by atoms with van der Waals surface area (Å²) in [6.45, 7) is 3.90. The molecule has 146 valence electrons. The second-order valence-electron chi connectivity index (χ2n) is 6.14. The van der Waals surface area contributed by atoms with Crippen molar-refractivity contribution in [2.45, 2.75) is 32.7 Å². The molecule has 0 aliphatic heterocycles. The smallest absolute Gasteiger partial charge is 0.341 e. The fourth-order valence-electron chi connectivity index (χ4n) is 2.43. The molecule has 2 aromatic rings. The first-order valence-corrected chi connectivity index (χ1v) is 8.50. The third kappa shape index (κ3) is 5.77. The number of rotatable bonds is 10. The van der Waals surface area contributed by atoms with Gasteiger partial charge >= 0.3 is 5.97 Å². The molecule has 0 saturated carbocycles. The van der Waals surface area contributed by atoms with E-state index < -0.39 is 18.4 Å². The fourth-order valence-corrected chi connectivity index (χ4v) is 2.43. The van der Waals surface area contributed by atoms with Crippen LogP contribution in [0.3, 0.4) is 0 Å². The third-order valence-corrected chi connectivity index (χ3v) is 3.99. The van der Waals surface area contributed by atoms with Crippen LogP contribution < -0.4 is 0 Å². The minimum atomic E-state index is -1.56. The van der Waals surface area contributed by atoms with Crippen molar-refractivity contribution >= 4 is 24.7 Å². The molecule has 0 unspecified atom stereocenters. The zero-order chi connectivity index (χ0) is 20.5. The Balaban J connectivity index is 2.15. The molecular weight excluding hydrogens is 364 g/mol. The molecule has 0 aromatic heterocycles. The maximum absolute atomic E-state index is 12.5. The molecule has 0 spiro atoms. The monoisotopic (exact) mass is 384 g/mol. The second kappa shape index (κ2) is 10.0. The van der Waals surface area contributed by atoms with Gasteiger partial charge in [-0.05, 0) is 26.0 Å². The van der Waals surface area contributed by atoms with Crippen molar-refractivity contribution in [1.82, 2.24) is 0 Å². The van der Waals surface area contributed by atoms with E-state index in [9.17, 15) is 19.2 Å². The maximum Gasteiger partial charge on any atom is 0.341 e.